The second-order valence-corrected chi connectivity index (χ2v) is 3.92. The predicted molar refractivity (Wildman–Crippen MR) is 57.4 cm³/mol. The molecule has 2 nitrogen and oxygen atoms in total. The van der Waals surface area contributed by atoms with Crippen molar-refractivity contribution in [3.63, 3.8) is 0 Å². The van der Waals surface area contributed by atoms with Gasteiger partial charge in [0.05, 0.1) is 0 Å². The third-order valence-corrected chi connectivity index (χ3v) is 2.91. The molecule has 0 spiro atoms. The number of thioether (sulfide) groups is 1. The number of aromatic hydroxyl groups is 1. The van der Waals surface area contributed by atoms with Crippen molar-refractivity contribution in [2.45, 2.75) is 17.7 Å². The van der Waals surface area contributed by atoms with Crippen LogP contribution in [-0.4, -0.2) is 17.9 Å². The smallest absolute Gasteiger partial charge is 0.129 e. The molecule has 1 atom stereocenters. The van der Waals surface area contributed by atoms with Crippen LogP contribution in [0.1, 0.15) is 18.4 Å². The first-order valence-corrected chi connectivity index (χ1v) is 5.48. The van der Waals surface area contributed by atoms with Gasteiger partial charge >= 0.3 is 0 Å². The van der Waals surface area contributed by atoms with Crippen molar-refractivity contribution in [3.05, 3.63) is 23.8 Å². The summed E-state index contributed by atoms with van der Waals surface area (Å²) in [6.45, 7) is 2.66. The summed E-state index contributed by atoms with van der Waals surface area (Å²) < 4.78 is 0. The summed E-state index contributed by atoms with van der Waals surface area (Å²) in [6, 6.07) is 5.74. The largest absolute Gasteiger partial charge is 0.507 e. The van der Waals surface area contributed by atoms with Crippen LogP contribution in [0.15, 0.2) is 23.1 Å². The highest BCUT2D eigenvalue weighted by atomic mass is 32.2. The van der Waals surface area contributed by atoms with Crippen LogP contribution in [0.3, 0.4) is 0 Å². The topological polar surface area (TPSA) is 46.2 Å². The van der Waals surface area contributed by atoms with Gasteiger partial charge in [-0.05, 0) is 36.4 Å². The number of benzene rings is 1. The van der Waals surface area contributed by atoms with Crippen molar-refractivity contribution in [1.29, 1.82) is 0 Å². The van der Waals surface area contributed by atoms with Crippen LogP contribution < -0.4 is 5.73 Å². The van der Waals surface area contributed by atoms with Crippen molar-refractivity contribution in [1.82, 2.24) is 0 Å². The van der Waals surface area contributed by atoms with Crippen LogP contribution in [0, 0.1) is 0 Å². The molecule has 0 aromatic heterocycles. The normalized spacial score (nSPS) is 12.8. The summed E-state index contributed by atoms with van der Waals surface area (Å²) in [6.07, 6.45) is 1.95. The molecule has 0 bridgehead atoms. The van der Waals surface area contributed by atoms with Gasteiger partial charge in [0.15, 0.2) is 0 Å². The molecule has 1 unspecified atom stereocenters. The van der Waals surface area contributed by atoms with E-state index in [2.05, 4.69) is 0 Å². The molecule has 0 amide bonds. The fraction of sp³-hybridized carbons (Fsp3) is 0.400. The quantitative estimate of drug-likeness (QED) is 0.730. The van der Waals surface area contributed by atoms with Crippen LogP contribution in [-0.2, 0) is 0 Å². The second-order valence-electron chi connectivity index (χ2n) is 3.07. The summed E-state index contributed by atoms with van der Waals surface area (Å²) in [4.78, 5) is 0.910. The highest BCUT2D eigenvalue weighted by Crippen LogP contribution is 2.29. The van der Waals surface area contributed by atoms with Gasteiger partial charge in [-0.15, -0.1) is 11.8 Å². The maximum absolute atomic E-state index is 9.57. The summed E-state index contributed by atoms with van der Waals surface area (Å²) in [5.41, 5.74) is 6.63. The van der Waals surface area contributed by atoms with Gasteiger partial charge in [-0.25, -0.2) is 0 Å². The molecule has 0 aliphatic carbocycles. The Balaban J connectivity index is 2.95. The number of hydrogen-bond acceptors (Lipinski definition) is 3. The molecular formula is C10H15NOS. The average Bonchev–Trinajstić information content (AvgIpc) is 2.16. The maximum atomic E-state index is 9.57. The van der Waals surface area contributed by atoms with E-state index in [1.165, 1.54) is 0 Å². The lowest BCUT2D eigenvalue weighted by Crippen LogP contribution is -2.08. The monoisotopic (exact) mass is 197 g/mol. The van der Waals surface area contributed by atoms with Crippen molar-refractivity contribution in [2.24, 2.45) is 5.73 Å². The molecule has 72 valence electrons. The Bertz CT molecular complexity index is 288. The lowest BCUT2D eigenvalue weighted by molar-refractivity contribution is 0.461. The Morgan fingerprint density at radius 1 is 1.54 bits per heavy atom. The molecule has 0 saturated carbocycles. The van der Waals surface area contributed by atoms with E-state index in [-0.39, 0.29) is 0 Å². The van der Waals surface area contributed by atoms with E-state index >= 15 is 0 Å². The van der Waals surface area contributed by atoms with Crippen molar-refractivity contribution in [2.75, 3.05) is 12.8 Å². The molecule has 3 N–H and O–H groups in total. The molecule has 1 rings (SSSR count). The Hall–Kier alpha value is -0.670. The van der Waals surface area contributed by atoms with Crippen LogP contribution in [0.5, 0.6) is 5.75 Å². The minimum atomic E-state index is 0.307. The van der Waals surface area contributed by atoms with E-state index in [0.717, 1.165) is 10.5 Å². The molecule has 13 heavy (non-hydrogen) atoms. The summed E-state index contributed by atoms with van der Waals surface area (Å²) >= 11 is 1.54. The van der Waals surface area contributed by atoms with Gasteiger partial charge in [-0.2, -0.15) is 0 Å². The number of phenolic OH excluding ortho intramolecular Hbond substituents is 1. The second kappa shape index (κ2) is 4.53. The van der Waals surface area contributed by atoms with Gasteiger partial charge in [-0.3, -0.25) is 0 Å². The van der Waals surface area contributed by atoms with Gasteiger partial charge in [-0.1, -0.05) is 13.0 Å². The van der Waals surface area contributed by atoms with Crippen molar-refractivity contribution < 1.29 is 5.11 Å². The van der Waals surface area contributed by atoms with Gasteiger partial charge < -0.3 is 10.8 Å². The molecular weight excluding hydrogens is 182 g/mol. The van der Waals surface area contributed by atoms with Crippen LogP contribution in [0.4, 0.5) is 0 Å². The number of hydrogen-bond donors (Lipinski definition) is 2. The van der Waals surface area contributed by atoms with Gasteiger partial charge in [0.2, 0.25) is 0 Å². The number of nitrogens with two attached hydrogens (primary N) is 1. The van der Waals surface area contributed by atoms with Gasteiger partial charge in [0, 0.05) is 4.90 Å². The van der Waals surface area contributed by atoms with Crippen LogP contribution >= 0.6 is 11.8 Å². The van der Waals surface area contributed by atoms with E-state index in [0.29, 0.717) is 18.2 Å². The van der Waals surface area contributed by atoms with Gasteiger partial charge in [0.25, 0.3) is 0 Å². The highest BCUT2D eigenvalue weighted by molar-refractivity contribution is 7.98. The first kappa shape index (κ1) is 10.4. The lowest BCUT2D eigenvalue weighted by Gasteiger charge is -2.10. The molecule has 3 heteroatoms. The Morgan fingerprint density at radius 2 is 2.23 bits per heavy atom. The molecule has 0 radical (unpaired) electrons. The zero-order valence-electron chi connectivity index (χ0n) is 7.95. The standard InChI is InChI=1S/C10H15NOS/c1-7(6-11)8-3-4-10(13-2)9(12)5-8/h3-5,7,12H,6,11H2,1-2H3. The van der Waals surface area contributed by atoms with E-state index < -0.39 is 0 Å². The molecule has 0 saturated heterocycles. The molecule has 0 aliphatic rings. The molecule has 1 aromatic carbocycles. The predicted octanol–water partition coefficient (Wildman–Crippen LogP) is 2.18. The van der Waals surface area contributed by atoms with Crippen LogP contribution in [0.25, 0.3) is 0 Å². The number of rotatable bonds is 3. The summed E-state index contributed by atoms with van der Waals surface area (Å²) in [5.74, 6) is 0.659. The highest BCUT2D eigenvalue weighted by Gasteiger charge is 2.06. The molecule has 0 fully saturated rings. The summed E-state index contributed by atoms with van der Waals surface area (Å²) in [7, 11) is 0. The Kier molecular flexibility index (Phi) is 3.63. The minimum absolute atomic E-state index is 0.307. The third-order valence-electron chi connectivity index (χ3n) is 2.13. The van der Waals surface area contributed by atoms with Gasteiger partial charge in [0.1, 0.15) is 5.75 Å². The van der Waals surface area contributed by atoms with E-state index in [9.17, 15) is 5.11 Å². The van der Waals surface area contributed by atoms with Crippen LogP contribution in [0.2, 0.25) is 0 Å². The fourth-order valence-corrected chi connectivity index (χ4v) is 1.62. The first-order valence-electron chi connectivity index (χ1n) is 4.26. The minimum Gasteiger partial charge on any atom is -0.507 e. The SMILES string of the molecule is CSc1ccc(C(C)CN)cc1O. The molecule has 0 heterocycles. The first-order chi connectivity index (χ1) is 6.19. The fourth-order valence-electron chi connectivity index (χ4n) is 1.15. The van der Waals surface area contributed by atoms with Crippen molar-refractivity contribution >= 4 is 11.8 Å². The summed E-state index contributed by atoms with van der Waals surface area (Å²) in [5, 5.41) is 9.57. The van der Waals surface area contributed by atoms with Crippen molar-refractivity contribution in [3.8, 4) is 5.75 Å². The zero-order valence-corrected chi connectivity index (χ0v) is 8.77. The Labute approximate surface area is 83.1 Å². The zero-order chi connectivity index (χ0) is 9.84. The molecule has 1 aromatic rings. The third kappa shape index (κ3) is 2.39. The number of phenols is 1. The van der Waals surface area contributed by atoms with E-state index in [1.54, 1.807) is 17.8 Å². The Morgan fingerprint density at radius 3 is 2.69 bits per heavy atom. The average molecular weight is 197 g/mol. The van der Waals surface area contributed by atoms with E-state index in [1.807, 2.05) is 25.3 Å². The lowest BCUT2D eigenvalue weighted by atomic mass is 10.0. The maximum Gasteiger partial charge on any atom is 0.129 e. The van der Waals surface area contributed by atoms with E-state index in [4.69, 9.17) is 5.73 Å². The molecule has 0 aliphatic heterocycles.